The van der Waals surface area contributed by atoms with Crippen LogP contribution in [0.25, 0.3) is 10.8 Å². The van der Waals surface area contributed by atoms with E-state index < -0.39 is 10.8 Å². The summed E-state index contributed by atoms with van der Waals surface area (Å²) in [5.41, 5.74) is 0.648. The van der Waals surface area contributed by atoms with Gasteiger partial charge in [0.25, 0.3) is 5.91 Å². The fourth-order valence-corrected chi connectivity index (χ4v) is 2.84. The molecule has 0 aliphatic heterocycles. The number of nitrogens with one attached hydrogen (secondary N) is 1. The molecule has 2 aromatic rings. The second-order valence-electron chi connectivity index (χ2n) is 5.06. The average molecular weight is 368 g/mol. The summed E-state index contributed by atoms with van der Waals surface area (Å²) in [6, 6.07) is 11.6. The zero-order chi connectivity index (χ0) is 15.4. The van der Waals surface area contributed by atoms with Gasteiger partial charge >= 0.3 is 0 Å². The van der Waals surface area contributed by atoms with E-state index in [4.69, 9.17) is 0 Å². The van der Waals surface area contributed by atoms with Gasteiger partial charge in [-0.15, -0.1) is 0 Å². The van der Waals surface area contributed by atoms with Crippen molar-refractivity contribution in [3.63, 3.8) is 0 Å². The second kappa shape index (κ2) is 7.18. The van der Waals surface area contributed by atoms with E-state index >= 15 is 0 Å². The zero-order valence-electron chi connectivity index (χ0n) is 12.1. The molecule has 3 nitrogen and oxygen atoms in total. The number of amides is 1. The van der Waals surface area contributed by atoms with Crippen LogP contribution in [0.15, 0.2) is 40.9 Å². The number of hydrogen-bond donors (Lipinski definition) is 1. The van der Waals surface area contributed by atoms with Gasteiger partial charge in [-0.05, 0) is 41.5 Å². The number of carbonyl (C=O) groups excluding carboxylic acids is 1. The first-order chi connectivity index (χ1) is 9.97. The van der Waals surface area contributed by atoms with Crippen LogP contribution in [0.4, 0.5) is 0 Å². The minimum atomic E-state index is -0.846. The molecule has 2 unspecified atom stereocenters. The number of carbonyl (C=O) groups is 1. The fourth-order valence-electron chi connectivity index (χ4n) is 2.01. The Morgan fingerprint density at radius 2 is 1.90 bits per heavy atom. The molecule has 2 rings (SSSR count). The number of rotatable bonds is 5. The van der Waals surface area contributed by atoms with Crippen molar-refractivity contribution >= 4 is 43.4 Å². The molecule has 0 aromatic heterocycles. The summed E-state index contributed by atoms with van der Waals surface area (Å²) >= 11 is 3.44. The third kappa shape index (κ3) is 4.38. The maximum absolute atomic E-state index is 12.1. The Kier molecular flexibility index (Phi) is 5.53. The van der Waals surface area contributed by atoms with Crippen LogP contribution >= 0.6 is 15.9 Å². The molecular formula is C16H18BrNO2S. The lowest BCUT2D eigenvalue weighted by molar-refractivity contribution is 0.0953. The van der Waals surface area contributed by atoms with Gasteiger partial charge in [0.05, 0.1) is 0 Å². The molecule has 0 fully saturated rings. The topological polar surface area (TPSA) is 46.2 Å². The van der Waals surface area contributed by atoms with Gasteiger partial charge < -0.3 is 5.32 Å². The van der Waals surface area contributed by atoms with Crippen molar-refractivity contribution in [2.24, 2.45) is 0 Å². The fraction of sp³-hybridized carbons (Fsp3) is 0.312. The molecule has 0 radical (unpaired) electrons. The number of hydrogen-bond acceptors (Lipinski definition) is 2. The quantitative estimate of drug-likeness (QED) is 0.878. The van der Waals surface area contributed by atoms with Gasteiger partial charge in [-0.3, -0.25) is 9.00 Å². The first kappa shape index (κ1) is 16.2. The van der Waals surface area contributed by atoms with Crippen LogP contribution in [0.3, 0.4) is 0 Å². The minimum absolute atomic E-state index is 0.0890. The highest BCUT2D eigenvalue weighted by Crippen LogP contribution is 2.20. The van der Waals surface area contributed by atoms with Crippen LogP contribution in [0, 0.1) is 0 Å². The van der Waals surface area contributed by atoms with Crippen LogP contribution in [-0.4, -0.2) is 28.2 Å². The van der Waals surface area contributed by atoms with Crippen LogP contribution in [-0.2, 0) is 10.8 Å². The van der Waals surface area contributed by atoms with E-state index in [2.05, 4.69) is 21.2 Å². The van der Waals surface area contributed by atoms with E-state index in [0.29, 0.717) is 12.1 Å². The lowest BCUT2D eigenvalue weighted by atomic mass is 10.1. The van der Waals surface area contributed by atoms with Gasteiger partial charge in [-0.25, -0.2) is 0 Å². The largest absolute Gasteiger partial charge is 0.352 e. The average Bonchev–Trinajstić information content (AvgIpc) is 2.46. The monoisotopic (exact) mass is 367 g/mol. The number of halogens is 1. The Morgan fingerprint density at radius 3 is 2.62 bits per heavy atom. The van der Waals surface area contributed by atoms with Crippen molar-refractivity contribution in [3.8, 4) is 0 Å². The molecule has 0 spiro atoms. The summed E-state index contributed by atoms with van der Waals surface area (Å²) in [5.74, 6) is -0.0890. The van der Waals surface area contributed by atoms with Crippen molar-refractivity contribution < 1.29 is 9.00 Å². The Balaban J connectivity index is 2.02. The Morgan fingerprint density at radius 1 is 1.24 bits per heavy atom. The predicted molar refractivity (Wildman–Crippen MR) is 92.1 cm³/mol. The first-order valence-electron chi connectivity index (χ1n) is 6.77. The van der Waals surface area contributed by atoms with Crippen LogP contribution in [0.2, 0.25) is 0 Å². The molecule has 112 valence electrons. The van der Waals surface area contributed by atoms with Gasteiger partial charge in [0.2, 0.25) is 0 Å². The molecule has 0 saturated carbocycles. The summed E-state index contributed by atoms with van der Waals surface area (Å²) in [6.45, 7) is 2.47. The third-order valence-electron chi connectivity index (χ3n) is 3.47. The van der Waals surface area contributed by atoms with Gasteiger partial charge in [0.1, 0.15) is 0 Å². The SMILES string of the molecule is CC(CCNC(=O)c1ccc2cc(Br)ccc2c1)S(C)=O. The highest BCUT2D eigenvalue weighted by atomic mass is 79.9. The van der Waals surface area contributed by atoms with Crippen molar-refractivity contribution in [2.75, 3.05) is 12.8 Å². The summed E-state index contributed by atoms with van der Waals surface area (Å²) < 4.78 is 12.3. The summed E-state index contributed by atoms with van der Waals surface area (Å²) in [6.07, 6.45) is 2.41. The van der Waals surface area contributed by atoms with E-state index in [-0.39, 0.29) is 11.2 Å². The predicted octanol–water partition coefficient (Wildman–Crippen LogP) is 3.49. The van der Waals surface area contributed by atoms with Crippen molar-refractivity contribution in [3.05, 3.63) is 46.4 Å². The minimum Gasteiger partial charge on any atom is -0.352 e. The van der Waals surface area contributed by atoms with Gasteiger partial charge in [-0.1, -0.05) is 35.0 Å². The van der Waals surface area contributed by atoms with Crippen molar-refractivity contribution in [2.45, 2.75) is 18.6 Å². The summed E-state index contributed by atoms with van der Waals surface area (Å²) in [5, 5.41) is 5.10. The molecule has 5 heteroatoms. The normalized spacial score (nSPS) is 13.9. The molecule has 0 bridgehead atoms. The van der Waals surface area contributed by atoms with Crippen molar-refractivity contribution in [1.82, 2.24) is 5.32 Å². The Hall–Kier alpha value is -1.20. The van der Waals surface area contributed by atoms with Crippen LogP contribution in [0.5, 0.6) is 0 Å². The highest BCUT2D eigenvalue weighted by molar-refractivity contribution is 9.10. The molecular weight excluding hydrogens is 350 g/mol. The van der Waals surface area contributed by atoms with E-state index in [1.807, 2.05) is 43.3 Å². The van der Waals surface area contributed by atoms with E-state index in [1.165, 1.54) is 0 Å². The summed E-state index contributed by atoms with van der Waals surface area (Å²) in [4.78, 5) is 12.1. The van der Waals surface area contributed by atoms with Crippen LogP contribution in [0.1, 0.15) is 23.7 Å². The highest BCUT2D eigenvalue weighted by Gasteiger charge is 2.09. The standard InChI is InChI=1S/C16H18BrNO2S/c1-11(21(2)20)7-8-18-16(19)14-4-3-13-10-15(17)6-5-12(13)9-14/h3-6,9-11H,7-8H2,1-2H3,(H,18,19). The molecule has 21 heavy (non-hydrogen) atoms. The molecule has 0 aliphatic rings. The summed E-state index contributed by atoms with van der Waals surface area (Å²) in [7, 11) is -0.846. The maximum Gasteiger partial charge on any atom is 0.251 e. The van der Waals surface area contributed by atoms with Gasteiger partial charge in [0.15, 0.2) is 0 Å². The molecule has 0 aliphatic carbocycles. The van der Waals surface area contributed by atoms with Gasteiger partial charge in [0, 0.05) is 38.9 Å². The van der Waals surface area contributed by atoms with E-state index in [1.54, 1.807) is 6.26 Å². The van der Waals surface area contributed by atoms with Gasteiger partial charge in [-0.2, -0.15) is 0 Å². The lowest BCUT2D eigenvalue weighted by Gasteiger charge is -2.10. The second-order valence-corrected chi connectivity index (χ2v) is 7.78. The molecule has 2 aromatic carbocycles. The molecule has 0 saturated heterocycles. The zero-order valence-corrected chi connectivity index (χ0v) is 14.5. The van der Waals surface area contributed by atoms with E-state index in [9.17, 15) is 9.00 Å². The molecule has 1 amide bonds. The number of benzene rings is 2. The third-order valence-corrected chi connectivity index (χ3v) is 5.33. The first-order valence-corrected chi connectivity index (χ1v) is 9.18. The lowest BCUT2D eigenvalue weighted by Crippen LogP contribution is -2.27. The molecule has 0 heterocycles. The molecule has 1 N–H and O–H groups in total. The Bertz CT molecular complexity index is 687. The smallest absolute Gasteiger partial charge is 0.251 e. The number of fused-ring (bicyclic) bond motifs is 1. The maximum atomic E-state index is 12.1. The van der Waals surface area contributed by atoms with E-state index in [0.717, 1.165) is 21.7 Å². The van der Waals surface area contributed by atoms with Crippen LogP contribution < -0.4 is 5.32 Å². The van der Waals surface area contributed by atoms with Crippen molar-refractivity contribution in [1.29, 1.82) is 0 Å². The molecule has 2 atom stereocenters. The Labute approximate surface area is 135 Å².